The largest absolute Gasteiger partial charge is 0.207 e. The predicted molar refractivity (Wildman–Crippen MR) is 46.6 cm³/mol. The van der Waals surface area contributed by atoms with Crippen molar-refractivity contribution < 1.29 is 4.39 Å². The van der Waals surface area contributed by atoms with Gasteiger partial charge in [-0.1, -0.05) is 12.1 Å². The van der Waals surface area contributed by atoms with Crippen molar-refractivity contribution in [2.45, 2.75) is 6.92 Å². The maximum Gasteiger partial charge on any atom is 0.123 e. The van der Waals surface area contributed by atoms with Crippen LogP contribution in [0.4, 0.5) is 4.39 Å². The van der Waals surface area contributed by atoms with Gasteiger partial charge in [0.25, 0.3) is 0 Å². The van der Waals surface area contributed by atoms with Crippen LogP contribution in [0.3, 0.4) is 0 Å². The summed E-state index contributed by atoms with van der Waals surface area (Å²) in [6.45, 7) is 1.86. The van der Waals surface area contributed by atoms with Crippen LogP contribution in [0.1, 0.15) is 5.56 Å². The average molecular weight is 238 g/mol. The second kappa shape index (κ2) is 3.82. The zero-order valence-electron chi connectivity index (χ0n) is 5.10. The molecular formula is C7H8FI. The van der Waals surface area contributed by atoms with Crippen LogP contribution >= 0.6 is 24.0 Å². The molecule has 0 atom stereocenters. The van der Waals surface area contributed by atoms with Crippen molar-refractivity contribution in [2.75, 3.05) is 0 Å². The monoisotopic (exact) mass is 238 g/mol. The van der Waals surface area contributed by atoms with Gasteiger partial charge in [-0.15, -0.1) is 24.0 Å². The molecule has 0 aliphatic carbocycles. The van der Waals surface area contributed by atoms with Gasteiger partial charge in [-0.05, 0) is 24.6 Å². The van der Waals surface area contributed by atoms with Crippen molar-refractivity contribution in [1.82, 2.24) is 0 Å². The van der Waals surface area contributed by atoms with Gasteiger partial charge in [0.2, 0.25) is 0 Å². The number of hydrogen-bond donors (Lipinski definition) is 0. The molecule has 0 fully saturated rings. The first kappa shape index (κ1) is 8.88. The van der Waals surface area contributed by atoms with Crippen molar-refractivity contribution in [3.8, 4) is 0 Å². The van der Waals surface area contributed by atoms with E-state index < -0.39 is 0 Å². The van der Waals surface area contributed by atoms with Crippen molar-refractivity contribution in [3.63, 3.8) is 0 Å². The van der Waals surface area contributed by atoms with Crippen molar-refractivity contribution in [2.24, 2.45) is 0 Å². The summed E-state index contributed by atoms with van der Waals surface area (Å²) in [6.07, 6.45) is 0. The SMILES string of the molecule is Cc1cccc(F)c1.I. The first-order valence-corrected chi connectivity index (χ1v) is 2.51. The number of halogens is 2. The Balaban J connectivity index is 0.000000640. The van der Waals surface area contributed by atoms with Crippen LogP contribution in [0.2, 0.25) is 0 Å². The van der Waals surface area contributed by atoms with E-state index in [9.17, 15) is 4.39 Å². The van der Waals surface area contributed by atoms with E-state index in [-0.39, 0.29) is 29.8 Å². The predicted octanol–water partition coefficient (Wildman–Crippen LogP) is 2.75. The standard InChI is InChI=1S/C7H7F.HI/c1-6-3-2-4-7(8)5-6;/h2-5H,1H3;1H. The summed E-state index contributed by atoms with van der Waals surface area (Å²) in [5.41, 5.74) is 0.963. The molecule has 1 rings (SSSR count). The van der Waals surface area contributed by atoms with Crippen LogP contribution in [0.5, 0.6) is 0 Å². The van der Waals surface area contributed by atoms with E-state index in [1.807, 2.05) is 13.0 Å². The molecule has 1 aromatic rings. The Kier molecular flexibility index (Phi) is 3.77. The highest BCUT2D eigenvalue weighted by atomic mass is 127. The highest BCUT2D eigenvalue weighted by Crippen LogP contribution is 1.99. The Labute approximate surface area is 71.1 Å². The Morgan fingerprint density at radius 3 is 2.33 bits per heavy atom. The number of aryl methyl sites for hydroxylation is 1. The first-order chi connectivity index (χ1) is 3.79. The second-order valence-electron chi connectivity index (χ2n) is 1.80. The van der Waals surface area contributed by atoms with Gasteiger partial charge >= 0.3 is 0 Å². The van der Waals surface area contributed by atoms with E-state index >= 15 is 0 Å². The molecule has 0 saturated heterocycles. The number of hydrogen-bond acceptors (Lipinski definition) is 0. The van der Waals surface area contributed by atoms with Crippen molar-refractivity contribution >= 4 is 24.0 Å². The fourth-order valence-corrected chi connectivity index (χ4v) is 0.606. The highest BCUT2D eigenvalue weighted by molar-refractivity contribution is 14.0. The zero-order valence-corrected chi connectivity index (χ0v) is 7.43. The Hall–Kier alpha value is -0.120. The molecule has 2 heteroatoms. The van der Waals surface area contributed by atoms with Crippen LogP contribution in [0.25, 0.3) is 0 Å². The number of benzene rings is 1. The summed E-state index contributed by atoms with van der Waals surface area (Å²) in [5.74, 6) is -0.162. The molecule has 1 aromatic carbocycles. The van der Waals surface area contributed by atoms with Gasteiger partial charge < -0.3 is 0 Å². The van der Waals surface area contributed by atoms with E-state index in [0.29, 0.717) is 0 Å². The molecule has 0 aliphatic heterocycles. The smallest absolute Gasteiger partial charge is 0.123 e. The molecule has 0 unspecified atom stereocenters. The van der Waals surface area contributed by atoms with Gasteiger partial charge in [0, 0.05) is 0 Å². The van der Waals surface area contributed by atoms with Crippen LogP contribution in [0, 0.1) is 12.7 Å². The molecular weight excluding hydrogens is 230 g/mol. The minimum absolute atomic E-state index is 0. The molecule has 0 aliphatic rings. The van der Waals surface area contributed by atoms with Gasteiger partial charge in [-0.25, -0.2) is 4.39 Å². The van der Waals surface area contributed by atoms with Gasteiger partial charge in [-0.3, -0.25) is 0 Å². The Bertz CT molecular complexity index is 169. The average Bonchev–Trinajstić information content (AvgIpc) is 1.64. The molecule has 0 aromatic heterocycles. The van der Waals surface area contributed by atoms with Crippen LogP contribution in [-0.2, 0) is 0 Å². The van der Waals surface area contributed by atoms with Crippen molar-refractivity contribution in [3.05, 3.63) is 35.6 Å². The van der Waals surface area contributed by atoms with Gasteiger partial charge in [0.05, 0.1) is 0 Å². The normalized spacial score (nSPS) is 8.22. The fourth-order valence-electron chi connectivity index (χ4n) is 0.606. The lowest BCUT2D eigenvalue weighted by Gasteiger charge is -1.87. The third-order valence-electron chi connectivity index (χ3n) is 0.980. The molecule has 0 nitrogen and oxygen atoms in total. The quantitative estimate of drug-likeness (QED) is 0.609. The van der Waals surface area contributed by atoms with E-state index in [2.05, 4.69) is 0 Å². The third-order valence-corrected chi connectivity index (χ3v) is 0.980. The molecule has 0 saturated carbocycles. The highest BCUT2D eigenvalue weighted by Gasteiger charge is 1.84. The molecule has 0 N–H and O–H groups in total. The third kappa shape index (κ3) is 2.79. The summed E-state index contributed by atoms with van der Waals surface area (Å²) in [5, 5.41) is 0. The maximum absolute atomic E-state index is 12.2. The minimum atomic E-state index is -0.162. The van der Waals surface area contributed by atoms with Gasteiger partial charge in [0.15, 0.2) is 0 Å². The summed E-state index contributed by atoms with van der Waals surface area (Å²) in [6, 6.07) is 6.50. The molecule has 0 amide bonds. The lowest BCUT2D eigenvalue weighted by atomic mass is 10.2. The zero-order chi connectivity index (χ0) is 5.98. The molecule has 0 spiro atoms. The number of rotatable bonds is 0. The van der Waals surface area contributed by atoms with Gasteiger partial charge in [0.1, 0.15) is 5.82 Å². The first-order valence-electron chi connectivity index (χ1n) is 2.51. The molecule has 50 valence electrons. The van der Waals surface area contributed by atoms with Crippen molar-refractivity contribution in [1.29, 1.82) is 0 Å². The van der Waals surface area contributed by atoms with Crippen LogP contribution in [-0.4, -0.2) is 0 Å². The second-order valence-corrected chi connectivity index (χ2v) is 1.80. The Morgan fingerprint density at radius 2 is 2.00 bits per heavy atom. The van der Waals surface area contributed by atoms with Crippen LogP contribution in [0.15, 0.2) is 24.3 Å². The molecule has 9 heavy (non-hydrogen) atoms. The molecule has 0 bridgehead atoms. The van der Waals surface area contributed by atoms with E-state index in [4.69, 9.17) is 0 Å². The summed E-state index contributed by atoms with van der Waals surface area (Å²) in [4.78, 5) is 0. The maximum atomic E-state index is 12.2. The fraction of sp³-hybridized carbons (Fsp3) is 0.143. The van der Waals surface area contributed by atoms with Crippen LogP contribution < -0.4 is 0 Å². The molecule has 0 heterocycles. The van der Waals surface area contributed by atoms with Gasteiger partial charge in [-0.2, -0.15) is 0 Å². The van der Waals surface area contributed by atoms with E-state index in [1.165, 1.54) is 12.1 Å². The van der Waals surface area contributed by atoms with E-state index in [0.717, 1.165) is 5.56 Å². The summed E-state index contributed by atoms with van der Waals surface area (Å²) >= 11 is 0. The topological polar surface area (TPSA) is 0 Å². The summed E-state index contributed by atoms with van der Waals surface area (Å²) in [7, 11) is 0. The van der Waals surface area contributed by atoms with E-state index in [1.54, 1.807) is 6.07 Å². The molecule has 0 radical (unpaired) electrons. The lowest BCUT2D eigenvalue weighted by Crippen LogP contribution is -1.72. The minimum Gasteiger partial charge on any atom is -0.207 e. The lowest BCUT2D eigenvalue weighted by molar-refractivity contribution is 0.626. The Morgan fingerprint density at radius 1 is 1.33 bits per heavy atom. The summed E-state index contributed by atoms with van der Waals surface area (Å²) < 4.78 is 12.2.